The number of likely N-dealkylation sites (tertiary alicyclic amines) is 1. The summed E-state index contributed by atoms with van der Waals surface area (Å²) in [5, 5.41) is 10.9. The maximum Gasteiger partial charge on any atom is 0.317 e. The molecule has 0 spiro atoms. The van der Waals surface area contributed by atoms with E-state index in [4.69, 9.17) is 4.74 Å². The lowest BCUT2D eigenvalue weighted by molar-refractivity contribution is -0.00442. The maximum absolute atomic E-state index is 12.0. The van der Waals surface area contributed by atoms with Gasteiger partial charge in [-0.1, -0.05) is 18.6 Å². The van der Waals surface area contributed by atoms with Crippen LogP contribution in [-0.4, -0.2) is 51.7 Å². The Morgan fingerprint density at radius 3 is 3.32 bits per heavy atom. The molecule has 3 rings (SSSR count). The summed E-state index contributed by atoms with van der Waals surface area (Å²) >= 11 is 0. The molecule has 2 amide bonds. The predicted molar refractivity (Wildman–Crippen MR) is 67.5 cm³/mol. The lowest BCUT2D eigenvalue weighted by Gasteiger charge is -2.25. The van der Waals surface area contributed by atoms with E-state index in [9.17, 15) is 4.79 Å². The SMILES string of the molecule is CCCCNC(=O)N1C[C@@H]2OCc3cnnn3[C@H]2C1. The van der Waals surface area contributed by atoms with Crippen molar-refractivity contribution in [3.63, 3.8) is 0 Å². The van der Waals surface area contributed by atoms with E-state index in [0.717, 1.165) is 25.1 Å². The molecule has 2 aliphatic rings. The first-order valence-electron chi connectivity index (χ1n) is 6.83. The molecule has 3 heterocycles. The molecule has 19 heavy (non-hydrogen) atoms. The lowest BCUT2D eigenvalue weighted by atomic mass is 10.2. The van der Waals surface area contributed by atoms with Gasteiger partial charge >= 0.3 is 6.03 Å². The van der Waals surface area contributed by atoms with Crippen molar-refractivity contribution in [2.24, 2.45) is 0 Å². The topological polar surface area (TPSA) is 72.3 Å². The Morgan fingerprint density at radius 2 is 2.47 bits per heavy atom. The Hall–Kier alpha value is -1.63. The average Bonchev–Trinajstić information content (AvgIpc) is 3.04. The Balaban J connectivity index is 1.63. The van der Waals surface area contributed by atoms with Crippen molar-refractivity contribution in [2.75, 3.05) is 19.6 Å². The number of nitrogens with one attached hydrogen (secondary N) is 1. The standard InChI is InChI=1S/C12H19N5O2/c1-2-3-4-13-12(18)16-6-10-11(7-16)19-8-9-5-14-15-17(9)10/h5,10-11H,2-4,6-8H2,1H3,(H,13,18)/t10-,11-/m0/s1. The van der Waals surface area contributed by atoms with Crippen molar-refractivity contribution in [1.82, 2.24) is 25.2 Å². The zero-order chi connectivity index (χ0) is 13.2. The maximum atomic E-state index is 12.0. The second-order valence-electron chi connectivity index (χ2n) is 5.08. The molecule has 104 valence electrons. The fourth-order valence-electron chi connectivity index (χ4n) is 2.64. The van der Waals surface area contributed by atoms with Crippen LogP contribution in [0.15, 0.2) is 6.20 Å². The van der Waals surface area contributed by atoms with E-state index in [-0.39, 0.29) is 18.2 Å². The summed E-state index contributed by atoms with van der Waals surface area (Å²) in [6, 6.07) is 0.0938. The van der Waals surface area contributed by atoms with Crippen molar-refractivity contribution in [3.8, 4) is 0 Å². The number of carbonyl (C=O) groups is 1. The Kier molecular flexibility index (Phi) is 3.37. The minimum absolute atomic E-state index is 0.00637. The van der Waals surface area contributed by atoms with E-state index in [1.165, 1.54) is 0 Å². The third-order valence-corrected chi connectivity index (χ3v) is 3.74. The van der Waals surface area contributed by atoms with Crippen molar-refractivity contribution in [2.45, 2.75) is 38.5 Å². The number of hydrogen-bond donors (Lipinski definition) is 1. The van der Waals surface area contributed by atoms with Crippen LogP contribution >= 0.6 is 0 Å². The molecular formula is C12H19N5O2. The minimum Gasteiger partial charge on any atom is -0.368 e. The molecule has 1 saturated heterocycles. The summed E-state index contributed by atoms with van der Waals surface area (Å²) in [7, 11) is 0. The molecule has 7 nitrogen and oxygen atoms in total. The summed E-state index contributed by atoms with van der Waals surface area (Å²) < 4.78 is 7.67. The number of ether oxygens (including phenoxy) is 1. The lowest BCUT2D eigenvalue weighted by Crippen LogP contribution is -2.39. The molecule has 0 aromatic carbocycles. The zero-order valence-electron chi connectivity index (χ0n) is 11.1. The van der Waals surface area contributed by atoms with Crippen molar-refractivity contribution < 1.29 is 9.53 Å². The van der Waals surface area contributed by atoms with Gasteiger partial charge < -0.3 is 15.0 Å². The van der Waals surface area contributed by atoms with Gasteiger partial charge in [0.1, 0.15) is 0 Å². The highest BCUT2D eigenvalue weighted by molar-refractivity contribution is 5.74. The van der Waals surface area contributed by atoms with Gasteiger partial charge in [0.25, 0.3) is 0 Å². The van der Waals surface area contributed by atoms with Gasteiger partial charge in [0, 0.05) is 13.1 Å². The van der Waals surface area contributed by atoms with Crippen LogP contribution in [0, 0.1) is 0 Å². The Morgan fingerprint density at radius 1 is 1.58 bits per heavy atom. The zero-order valence-corrected chi connectivity index (χ0v) is 11.1. The van der Waals surface area contributed by atoms with Gasteiger partial charge in [-0.3, -0.25) is 0 Å². The number of rotatable bonds is 3. The highest BCUT2D eigenvalue weighted by Gasteiger charge is 2.41. The van der Waals surface area contributed by atoms with Crippen LogP contribution in [-0.2, 0) is 11.3 Å². The smallest absolute Gasteiger partial charge is 0.317 e. The summed E-state index contributed by atoms with van der Waals surface area (Å²) in [5.74, 6) is 0. The summed E-state index contributed by atoms with van der Waals surface area (Å²) in [6.07, 6.45) is 3.85. The predicted octanol–water partition coefficient (Wildman–Crippen LogP) is 0.543. The molecule has 0 saturated carbocycles. The first-order valence-corrected chi connectivity index (χ1v) is 6.83. The van der Waals surface area contributed by atoms with Gasteiger partial charge in [-0.25, -0.2) is 9.48 Å². The number of unbranched alkanes of at least 4 members (excludes halogenated alkanes) is 1. The fraction of sp³-hybridized carbons (Fsp3) is 0.750. The van der Waals surface area contributed by atoms with Gasteiger partial charge in [0.15, 0.2) is 0 Å². The van der Waals surface area contributed by atoms with Crippen LogP contribution in [0.2, 0.25) is 0 Å². The summed E-state index contributed by atoms with van der Waals surface area (Å²) in [6.45, 7) is 4.63. The van der Waals surface area contributed by atoms with Crippen molar-refractivity contribution in [3.05, 3.63) is 11.9 Å². The highest BCUT2D eigenvalue weighted by atomic mass is 16.5. The summed E-state index contributed by atoms with van der Waals surface area (Å²) in [5.41, 5.74) is 0.981. The molecule has 0 aliphatic carbocycles. The molecule has 1 fully saturated rings. The first-order chi connectivity index (χ1) is 9.29. The third-order valence-electron chi connectivity index (χ3n) is 3.74. The van der Waals surface area contributed by atoms with E-state index < -0.39 is 0 Å². The molecule has 1 aromatic rings. The monoisotopic (exact) mass is 265 g/mol. The van der Waals surface area contributed by atoms with Crippen LogP contribution in [0.25, 0.3) is 0 Å². The number of carbonyl (C=O) groups excluding carboxylic acids is 1. The van der Waals surface area contributed by atoms with Crippen molar-refractivity contribution >= 4 is 6.03 Å². The molecule has 1 aromatic heterocycles. The fourth-order valence-corrected chi connectivity index (χ4v) is 2.64. The molecular weight excluding hydrogens is 246 g/mol. The van der Waals surface area contributed by atoms with Crippen LogP contribution < -0.4 is 5.32 Å². The minimum atomic E-state index is -0.00637. The molecule has 0 bridgehead atoms. The van der Waals surface area contributed by atoms with E-state index in [1.807, 2.05) is 9.58 Å². The number of fused-ring (bicyclic) bond motifs is 3. The number of amides is 2. The largest absolute Gasteiger partial charge is 0.368 e. The second-order valence-corrected chi connectivity index (χ2v) is 5.08. The molecule has 0 unspecified atom stereocenters. The Bertz CT molecular complexity index is 461. The quantitative estimate of drug-likeness (QED) is 0.810. The number of aromatic nitrogens is 3. The number of nitrogens with zero attached hydrogens (tertiary/aromatic N) is 4. The molecule has 7 heteroatoms. The van der Waals surface area contributed by atoms with E-state index in [1.54, 1.807) is 6.20 Å². The number of urea groups is 1. The van der Waals surface area contributed by atoms with Crippen LogP contribution in [0.3, 0.4) is 0 Å². The normalized spacial score (nSPS) is 25.0. The van der Waals surface area contributed by atoms with Gasteiger partial charge in [-0.15, -0.1) is 5.10 Å². The molecule has 2 aliphatic heterocycles. The van der Waals surface area contributed by atoms with Gasteiger partial charge in [0.2, 0.25) is 0 Å². The molecule has 0 radical (unpaired) electrons. The van der Waals surface area contributed by atoms with Gasteiger partial charge in [-0.2, -0.15) is 0 Å². The second kappa shape index (κ2) is 5.16. The number of hydrogen-bond acceptors (Lipinski definition) is 4. The van der Waals surface area contributed by atoms with Crippen LogP contribution in [0.1, 0.15) is 31.5 Å². The van der Waals surface area contributed by atoms with Gasteiger partial charge in [0.05, 0.1) is 37.2 Å². The molecule has 2 atom stereocenters. The van der Waals surface area contributed by atoms with Crippen molar-refractivity contribution in [1.29, 1.82) is 0 Å². The first kappa shape index (κ1) is 12.4. The third kappa shape index (κ3) is 2.30. The van der Waals surface area contributed by atoms with Crippen LogP contribution in [0.4, 0.5) is 4.79 Å². The van der Waals surface area contributed by atoms with Crippen LogP contribution in [0.5, 0.6) is 0 Å². The highest BCUT2D eigenvalue weighted by Crippen LogP contribution is 2.29. The van der Waals surface area contributed by atoms with Gasteiger partial charge in [-0.05, 0) is 6.42 Å². The average molecular weight is 265 g/mol. The summed E-state index contributed by atoms with van der Waals surface area (Å²) in [4.78, 5) is 13.8. The van der Waals surface area contributed by atoms with E-state index in [0.29, 0.717) is 19.7 Å². The van der Waals surface area contributed by atoms with E-state index in [2.05, 4.69) is 22.6 Å². The van der Waals surface area contributed by atoms with E-state index >= 15 is 0 Å². The molecule has 1 N–H and O–H groups in total. The Labute approximate surface area is 111 Å².